The zero-order valence-electron chi connectivity index (χ0n) is 10.3. The van der Waals surface area contributed by atoms with Crippen molar-refractivity contribution in [2.45, 2.75) is 32.8 Å². The van der Waals surface area contributed by atoms with Crippen LogP contribution in [0.15, 0.2) is 18.2 Å². The second-order valence-electron chi connectivity index (χ2n) is 4.39. The highest BCUT2D eigenvalue weighted by atomic mass is 16.5. The third kappa shape index (κ3) is 1.71. The predicted octanol–water partition coefficient (Wildman–Crippen LogP) is 3.14. The van der Waals surface area contributed by atoms with Gasteiger partial charge in [0.25, 0.3) is 0 Å². The number of methoxy groups -OCH3 is 1. The van der Waals surface area contributed by atoms with E-state index in [0.717, 1.165) is 23.3 Å². The molecule has 3 nitrogen and oxygen atoms in total. The van der Waals surface area contributed by atoms with Crippen LogP contribution in [0.1, 0.15) is 31.7 Å². The lowest BCUT2D eigenvalue weighted by Gasteiger charge is -2.23. The van der Waals surface area contributed by atoms with Crippen LogP contribution in [-0.4, -0.2) is 17.1 Å². The summed E-state index contributed by atoms with van der Waals surface area (Å²) in [6.45, 7) is 6.23. The molecule has 0 saturated heterocycles. The SMILES string of the molecule is CCC(C)(OC)c1nc2ccc(C)cc2[nH]1. The van der Waals surface area contributed by atoms with E-state index >= 15 is 0 Å². The maximum Gasteiger partial charge on any atom is 0.139 e. The van der Waals surface area contributed by atoms with E-state index in [2.05, 4.69) is 42.9 Å². The van der Waals surface area contributed by atoms with Gasteiger partial charge in [-0.2, -0.15) is 0 Å². The van der Waals surface area contributed by atoms with Crippen molar-refractivity contribution in [1.82, 2.24) is 9.97 Å². The zero-order valence-corrected chi connectivity index (χ0v) is 10.3. The smallest absolute Gasteiger partial charge is 0.139 e. The molecule has 1 aromatic heterocycles. The number of nitrogens with one attached hydrogen (secondary N) is 1. The van der Waals surface area contributed by atoms with Gasteiger partial charge in [-0.1, -0.05) is 13.0 Å². The second-order valence-corrected chi connectivity index (χ2v) is 4.39. The lowest BCUT2D eigenvalue weighted by atomic mass is 10.0. The van der Waals surface area contributed by atoms with Gasteiger partial charge in [0.15, 0.2) is 0 Å². The molecule has 1 N–H and O–H groups in total. The fraction of sp³-hybridized carbons (Fsp3) is 0.462. The molecule has 0 amide bonds. The molecule has 0 aliphatic carbocycles. The standard InChI is InChI=1S/C13H18N2O/c1-5-13(3,16-4)12-14-10-7-6-9(2)8-11(10)15-12/h6-8H,5H2,1-4H3,(H,14,15). The third-order valence-electron chi connectivity index (χ3n) is 3.26. The molecule has 0 radical (unpaired) electrons. The number of rotatable bonds is 3. The Labute approximate surface area is 95.8 Å². The minimum Gasteiger partial charge on any atom is -0.371 e. The molecule has 1 heterocycles. The van der Waals surface area contributed by atoms with Gasteiger partial charge in [-0.05, 0) is 38.0 Å². The van der Waals surface area contributed by atoms with Gasteiger partial charge in [0, 0.05) is 7.11 Å². The highest BCUT2D eigenvalue weighted by molar-refractivity contribution is 5.75. The molecular weight excluding hydrogens is 200 g/mol. The first-order valence-corrected chi connectivity index (χ1v) is 5.61. The van der Waals surface area contributed by atoms with Crippen LogP contribution in [0, 0.1) is 6.92 Å². The molecule has 86 valence electrons. The highest BCUT2D eigenvalue weighted by Gasteiger charge is 2.27. The van der Waals surface area contributed by atoms with Crippen molar-refractivity contribution in [3.8, 4) is 0 Å². The predicted molar refractivity (Wildman–Crippen MR) is 65.5 cm³/mol. The summed E-state index contributed by atoms with van der Waals surface area (Å²) in [5.41, 5.74) is 2.98. The van der Waals surface area contributed by atoms with Gasteiger partial charge in [0.2, 0.25) is 0 Å². The van der Waals surface area contributed by atoms with Crippen molar-refractivity contribution in [3.05, 3.63) is 29.6 Å². The first kappa shape index (κ1) is 11.1. The average Bonchev–Trinajstić information content (AvgIpc) is 2.71. The number of nitrogens with zero attached hydrogens (tertiary/aromatic N) is 1. The average molecular weight is 218 g/mol. The molecule has 16 heavy (non-hydrogen) atoms. The Hall–Kier alpha value is -1.35. The molecule has 3 heteroatoms. The number of H-pyrrole nitrogens is 1. The Balaban J connectivity index is 2.54. The number of aromatic amines is 1. The van der Waals surface area contributed by atoms with E-state index in [1.54, 1.807) is 7.11 Å². The highest BCUT2D eigenvalue weighted by Crippen LogP contribution is 2.27. The first-order valence-electron chi connectivity index (χ1n) is 5.61. The lowest BCUT2D eigenvalue weighted by molar-refractivity contribution is -0.00803. The van der Waals surface area contributed by atoms with Crippen molar-refractivity contribution >= 4 is 11.0 Å². The van der Waals surface area contributed by atoms with E-state index in [-0.39, 0.29) is 5.60 Å². The number of aryl methyl sites for hydroxylation is 1. The fourth-order valence-electron chi connectivity index (χ4n) is 1.78. The topological polar surface area (TPSA) is 37.9 Å². The Morgan fingerprint density at radius 2 is 2.19 bits per heavy atom. The van der Waals surface area contributed by atoms with Gasteiger partial charge >= 0.3 is 0 Å². The van der Waals surface area contributed by atoms with Crippen LogP contribution in [0.3, 0.4) is 0 Å². The Kier molecular flexibility index (Phi) is 2.72. The summed E-state index contributed by atoms with van der Waals surface area (Å²) in [7, 11) is 1.72. The van der Waals surface area contributed by atoms with Gasteiger partial charge < -0.3 is 9.72 Å². The summed E-state index contributed by atoms with van der Waals surface area (Å²) < 4.78 is 5.54. The van der Waals surface area contributed by atoms with E-state index in [4.69, 9.17) is 4.74 Å². The van der Waals surface area contributed by atoms with E-state index in [0.29, 0.717) is 0 Å². The number of hydrogen-bond acceptors (Lipinski definition) is 2. The van der Waals surface area contributed by atoms with Crippen LogP contribution in [0.5, 0.6) is 0 Å². The minimum absolute atomic E-state index is 0.326. The van der Waals surface area contributed by atoms with Crippen LogP contribution in [0.4, 0.5) is 0 Å². The van der Waals surface area contributed by atoms with E-state index < -0.39 is 0 Å². The second kappa shape index (κ2) is 3.91. The van der Waals surface area contributed by atoms with Crippen molar-refractivity contribution in [1.29, 1.82) is 0 Å². The Bertz CT molecular complexity index is 498. The van der Waals surface area contributed by atoms with Gasteiger partial charge in [-0.25, -0.2) is 4.98 Å². The lowest BCUT2D eigenvalue weighted by Crippen LogP contribution is -2.24. The number of fused-ring (bicyclic) bond motifs is 1. The maximum absolute atomic E-state index is 5.54. The maximum atomic E-state index is 5.54. The number of hydrogen-bond donors (Lipinski definition) is 1. The number of ether oxygens (including phenoxy) is 1. The summed E-state index contributed by atoms with van der Waals surface area (Å²) in [5.74, 6) is 0.901. The van der Waals surface area contributed by atoms with Crippen LogP contribution >= 0.6 is 0 Å². The Morgan fingerprint density at radius 3 is 2.81 bits per heavy atom. The molecule has 0 aliphatic heterocycles. The first-order chi connectivity index (χ1) is 7.59. The monoisotopic (exact) mass is 218 g/mol. The quantitative estimate of drug-likeness (QED) is 0.859. The van der Waals surface area contributed by atoms with Gasteiger partial charge in [-0.3, -0.25) is 0 Å². The van der Waals surface area contributed by atoms with Crippen molar-refractivity contribution in [2.24, 2.45) is 0 Å². The molecule has 0 aliphatic rings. The summed E-state index contributed by atoms with van der Waals surface area (Å²) in [4.78, 5) is 7.93. The third-order valence-corrected chi connectivity index (χ3v) is 3.26. The van der Waals surface area contributed by atoms with Crippen LogP contribution in [0.25, 0.3) is 11.0 Å². The molecule has 0 bridgehead atoms. The van der Waals surface area contributed by atoms with Crippen LogP contribution in [0.2, 0.25) is 0 Å². The largest absolute Gasteiger partial charge is 0.371 e. The summed E-state index contributed by atoms with van der Waals surface area (Å²) in [5, 5.41) is 0. The molecule has 1 unspecified atom stereocenters. The zero-order chi connectivity index (χ0) is 11.8. The van der Waals surface area contributed by atoms with Gasteiger partial charge in [-0.15, -0.1) is 0 Å². The van der Waals surface area contributed by atoms with Crippen molar-refractivity contribution in [2.75, 3.05) is 7.11 Å². The summed E-state index contributed by atoms with van der Waals surface area (Å²) >= 11 is 0. The molecule has 0 saturated carbocycles. The van der Waals surface area contributed by atoms with Crippen LogP contribution in [-0.2, 0) is 10.3 Å². The van der Waals surface area contributed by atoms with E-state index in [9.17, 15) is 0 Å². The van der Waals surface area contributed by atoms with E-state index in [1.165, 1.54) is 5.56 Å². The van der Waals surface area contributed by atoms with Crippen molar-refractivity contribution in [3.63, 3.8) is 0 Å². The van der Waals surface area contributed by atoms with Gasteiger partial charge in [0.1, 0.15) is 11.4 Å². The molecule has 0 fully saturated rings. The molecular formula is C13H18N2O. The molecule has 1 aromatic carbocycles. The number of benzene rings is 1. The van der Waals surface area contributed by atoms with Crippen molar-refractivity contribution < 1.29 is 4.74 Å². The normalized spacial score (nSPS) is 15.2. The van der Waals surface area contributed by atoms with E-state index in [1.807, 2.05) is 6.07 Å². The molecule has 2 aromatic rings. The molecule has 1 atom stereocenters. The van der Waals surface area contributed by atoms with Gasteiger partial charge in [0.05, 0.1) is 11.0 Å². The molecule has 0 spiro atoms. The van der Waals surface area contributed by atoms with Crippen LogP contribution < -0.4 is 0 Å². The fourth-order valence-corrected chi connectivity index (χ4v) is 1.78. The Morgan fingerprint density at radius 1 is 1.44 bits per heavy atom. The summed E-state index contributed by atoms with van der Waals surface area (Å²) in [6, 6.07) is 6.22. The number of imidazole rings is 1. The number of aromatic nitrogens is 2. The summed E-state index contributed by atoms with van der Waals surface area (Å²) in [6.07, 6.45) is 0.891. The minimum atomic E-state index is -0.326. The molecule has 2 rings (SSSR count).